The molecule has 0 radical (unpaired) electrons. The zero-order valence-corrected chi connectivity index (χ0v) is 10.9. The quantitative estimate of drug-likeness (QED) is 0.863. The summed E-state index contributed by atoms with van der Waals surface area (Å²) < 4.78 is 5.80. The van der Waals surface area contributed by atoms with Gasteiger partial charge in [-0.25, -0.2) is 0 Å². The number of nitrogens with one attached hydrogen (secondary N) is 1. The minimum Gasteiger partial charge on any atom is -0.374 e. The van der Waals surface area contributed by atoms with Gasteiger partial charge in [-0.15, -0.1) is 0 Å². The van der Waals surface area contributed by atoms with E-state index in [4.69, 9.17) is 4.74 Å². The minimum absolute atomic E-state index is 0.378. The summed E-state index contributed by atoms with van der Waals surface area (Å²) in [5.74, 6) is 0. The maximum absolute atomic E-state index is 5.80. The zero-order valence-electron chi connectivity index (χ0n) is 10.1. The van der Waals surface area contributed by atoms with Gasteiger partial charge in [0.05, 0.1) is 12.7 Å². The SMILES string of the molecule is c1cc(CNCC2CN(C3CC3)CCO2)cs1. The molecule has 94 valence electrons. The summed E-state index contributed by atoms with van der Waals surface area (Å²) in [7, 11) is 0. The molecule has 1 aromatic rings. The van der Waals surface area contributed by atoms with Crippen molar-refractivity contribution in [2.24, 2.45) is 0 Å². The lowest BCUT2D eigenvalue weighted by molar-refractivity contribution is -0.0301. The summed E-state index contributed by atoms with van der Waals surface area (Å²) >= 11 is 1.76. The van der Waals surface area contributed by atoms with Crippen LogP contribution < -0.4 is 5.32 Å². The molecule has 1 aromatic heterocycles. The van der Waals surface area contributed by atoms with E-state index in [1.54, 1.807) is 11.3 Å². The molecular weight excluding hydrogens is 232 g/mol. The first-order valence-corrected chi connectivity index (χ1v) is 7.43. The molecular formula is C13H20N2OS. The second-order valence-electron chi connectivity index (χ2n) is 4.98. The molecule has 2 fully saturated rings. The maximum atomic E-state index is 5.80. The smallest absolute Gasteiger partial charge is 0.0826 e. The predicted molar refractivity (Wildman–Crippen MR) is 70.4 cm³/mol. The third-order valence-corrected chi connectivity index (χ3v) is 4.25. The first kappa shape index (κ1) is 11.7. The highest BCUT2D eigenvalue weighted by Crippen LogP contribution is 2.28. The molecule has 3 rings (SSSR count). The topological polar surface area (TPSA) is 24.5 Å². The molecule has 1 N–H and O–H groups in total. The van der Waals surface area contributed by atoms with Crippen LogP contribution >= 0.6 is 11.3 Å². The predicted octanol–water partition coefficient (Wildman–Crippen LogP) is 1.70. The van der Waals surface area contributed by atoms with E-state index < -0.39 is 0 Å². The van der Waals surface area contributed by atoms with Crippen molar-refractivity contribution in [3.63, 3.8) is 0 Å². The van der Waals surface area contributed by atoms with Crippen LogP contribution in [0.2, 0.25) is 0 Å². The van der Waals surface area contributed by atoms with E-state index in [0.717, 1.165) is 38.8 Å². The van der Waals surface area contributed by atoms with Crippen LogP contribution in [0, 0.1) is 0 Å². The number of hydrogen-bond donors (Lipinski definition) is 1. The molecule has 0 aromatic carbocycles. The first-order chi connectivity index (χ1) is 8.42. The van der Waals surface area contributed by atoms with Crippen LogP contribution in [0.5, 0.6) is 0 Å². The molecule has 1 saturated heterocycles. The summed E-state index contributed by atoms with van der Waals surface area (Å²) in [5.41, 5.74) is 1.38. The van der Waals surface area contributed by atoms with Gasteiger partial charge in [0, 0.05) is 32.2 Å². The minimum atomic E-state index is 0.378. The maximum Gasteiger partial charge on any atom is 0.0826 e. The van der Waals surface area contributed by atoms with Crippen molar-refractivity contribution in [2.45, 2.75) is 31.5 Å². The molecule has 1 aliphatic heterocycles. The second-order valence-corrected chi connectivity index (χ2v) is 5.76. The van der Waals surface area contributed by atoms with Crippen LogP contribution in [0.25, 0.3) is 0 Å². The van der Waals surface area contributed by atoms with Crippen molar-refractivity contribution in [1.29, 1.82) is 0 Å². The van der Waals surface area contributed by atoms with Crippen molar-refractivity contribution in [3.05, 3.63) is 22.4 Å². The molecule has 1 atom stereocenters. The van der Waals surface area contributed by atoms with Crippen LogP contribution in [0.15, 0.2) is 16.8 Å². The van der Waals surface area contributed by atoms with Gasteiger partial charge in [0.1, 0.15) is 0 Å². The summed E-state index contributed by atoms with van der Waals surface area (Å²) in [5, 5.41) is 7.82. The van der Waals surface area contributed by atoms with Gasteiger partial charge < -0.3 is 10.1 Å². The van der Waals surface area contributed by atoms with E-state index in [0.29, 0.717) is 6.10 Å². The van der Waals surface area contributed by atoms with E-state index in [-0.39, 0.29) is 0 Å². The monoisotopic (exact) mass is 252 g/mol. The van der Waals surface area contributed by atoms with Crippen molar-refractivity contribution in [1.82, 2.24) is 10.2 Å². The first-order valence-electron chi connectivity index (χ1n) is 6.49. The van der Waals surface area contributed by atoms with Crippen molar-refractivity contribution in [3.8, 4) is 0 Å². The van der Waals surface area contributed by atoms with Crippen LogP contribution in [0.1, 0.15) is 18.4 Å². The highest BCUT2D eigenvalue weighted by Gasteiger charge is 2.32. The largest absolute Gasteiger partial charge is 0.374 e. The lowest BCUT2D eigenvalue weighted by Crippen LogP contribution is -2.47. The zero-order chi connectivity index (χ0) is 11.5. The molecule has 3 nitrogen and oxygen atoms in total. The Labute approximate surface area is 107 Å². The van der Waals surface area contributed by atoms with Crippen LogP contribution in [0.3, 0.4) is 0 Å². The highest BCUT2D eigenvalue weighted by molar-refractivity contribution is 7.07. The molecule has 2 aliphatic rings. The number of thiophene rings is 1. The molecule has 0 amide bonds. The van der Waals surface area contributed by atoms with E-state index in [1.807, 2.05) is 0 Å². The third kappa shape index (κ3) is 3.28. The van der Waals surface area contributed by atoms with Crippen molar-refractivity contribution in [2.75, 3.05) is 26.2 Å². The Hall–Kier alpha value is -0.420. The Morgan fingerprint density at radius 2 is 2.41 bits per heavy atom. The van der Waals surface area contributed by atoms with Crippen LogP contribution in [-0.4, -0.2) is 43.3 Å². The fraction of sp³-hybridized carbons (Fsp3) is 0.692. The fourth-order valence-electron chi connectivity index (χ4n) is 2.41. The molecule has 17 heavy (non-hydrogen) atoms. The van der Waals surface area contributed by atoms with Gasteiger partial charge in [-0.05, 0) is 35.2 Å². The number of hydrogen-bond acceptors (Lipinski definition) is 4. The average molecular weight is 252 g/mol. The molecule has 1 unspecified atom stereocenters. The van der Waals surface area contributed by atoms with Gasteiger partial charge in [-0.3, -0.25) is 4.90 Å². The molecule has 1 saturated carbocycles. The third-order valence-electron chi connectivity index (χ3n) is 3.51. The lowest BCUT2D eigenvalue weighted by Gasteiger charge is -2.33. The fourth-order valence-corrected chi connectivity index (χ4v) is 3.08. The van der Waals surface area contributed by atoms with Gasteiger partial charge in [-0.2, -0.15) is 11.3 Å². The molecule has 2 heterocycles. The summed E-state index contributed by atoms with van der Waals surface area (Å²) in [6.07, 6.45) is 3.17. The molecule has 0 bridgehead atoms. The summed E-state index contributed by atoms with van der Waals surface area (Å²) in [6.45, 7) is 5.08. The Bertz CT molecular complexity index is 337. The lowest BCUT2D eigenvalue weighted by atomic mass is 10.2. The van der Waals surface area contributed by atoms with E-state index >= 15 is 0 Å². The van der Waals surface area contributed by atoms with E-state index in [1.165, 1.54) is 18.4 Å². The second kappa shape index (κ2) is 5.48. The van der Waals surface area contributed by atoms with Crippen LogP contribution in [0.4, 0.5) is 0 Å². The average Bonchev–Trinajstić information content (AvgIpc) is 3.09. The number of ether oxygens (including phenoxy) is 1. The molecule has 0 spiro atoms. The van der Waals surface area contributed by atoms with Gasteiger partial charge in [0.2, 0.25) is 0 Å². The standard InChI is InChI=1S/C13H20N2OS/c1-2-12(1)15-4-5-16-13(9-15)8-14-7-11-3-6-17-10-11/h3,6,10,12-14H,1-2,4-5,7-9H2. The molecule has 4 heteroatoms. The number of nitrogens with zero attached hydrogens (tertiary/aromatic N) is 1. The Kier molecular flexibility index (Phi) is 3.76. The number of rotatable bonds is 5. The van der Waals surface area contributed by atoms with E-state index in [9.17, 15) is 0 Å². The Morgan fingerprint density at radius 1 is 1.47 bits per heavy atom. The van der Waals surface area contributed by atoms with Crippen molar-refractivity contribution < 1.29 is 4.74 Å². The Morgan fingerprint density at radius 3 is 3.18 bits per heavy atom. The Balaban J connectivity index is 1.39. The van der Waals surface area contributed by atoms with E-state index in [2.05, 4.69) is 27.0 Å². The number of morpholine rings is 1. The highest BCUT2D eigenvalue weighted by atomic mass is 32.1. The molecule has 1 aliphatic carbocycles. The van der Waals surface area contributed by atoms with Crippen molar-refractivity contribution >= 4 is 11.3 Å². The normalized spacial score (nSPS) is 26.2. The van der Waals surface area contributed by atoms with Gasteiger partial charge in [-0.1, -0.05) is 0 Å². The van der Waals surface area contributed by atoms with Gasteiger partial charge in [0.25, 0.3) is 0 Å². The summed E-state index contributed by atoms with van der Waals surface area (Å²) in [4.78, 5) is 2.60. The van der Waals surface area contributed by atoms with Gasteiger partial charge in [0.15, 0.2) is 0 Å². The van der Waals surface area contributed by atoms with Gasteiger partial charge >= 0.3 is 0 Å². The summed E-state index contributed by atoms with van der Waals surface area (Å²) in [6, 6.07) is 3.05. The van der Waals surface area contributed by atoms with Crippen LogP contribution in [-0.2, 0) is 11.3 Å².